The van der Waals surface area contributed by atoms with E-state index in [1.807, 2.05) is 11.3 Å². The van der Waals surface area contributed by atoms with E-state index >= 15 is 0 Å². The second-order valence-corrected chi connectivity index (χ2v) is 11.2. The second-order valence-electron chi connectivity index (χ2n) is 10.2. The van der Waals surface area contributed by atoms with Crippen LogP contribution in [0.15, 0.2) is 127 Å². The molecular formula is C37H24S. The van der Waals surface area contributed by atoms with Crippen molar-refractivity contribution in [2.45, 2.75) is 6.92 Å². The minimum absolute atomic E-state index is 1.25. The second kappa shape index (κ2) is 8.28. The molecule has 0 spiro atoms. The molecule has 0 fully saturated rings. The lowest BCUT2D eigenvalue weighted by atomic mass is 9.90. The number of benzene rings is 7. The van der Waals surface area contributed by atoms with E-state index in [1.165, 1.54) is 80.3 Å². The van der Waals surface area contributed by atoms with Gasteiger partial charge in [0, 0.05) is 20.2 Å². The van der Waals surface area contributed by atoms with E-state index in [9.17, 15) is 0 Å². The molecule has 1 heterocycles. The largest absolute Gasteiger partial charge is 0.135 e. The Morgan fingerprint density at radius 1 is 0.421 bits per heavy atom. The summed E-state index contributed by atoms with van der Waals surface area (Å²) in [6.07, 6.45) is 0. The molecule has 8 aromatic rings. The maximum absolute atomic E-state index is 2.39. The molecular weight excluding hydrogens is 476 g/mol. The van der Waals surface area contributed by atoms with Gasteiger partial charge in [0.15, 0.2) is 0 Å². The standard InChI is InChI=1S/C37H24S/c1-23-9-6-16-32-34-22-25(19-20-29(34)28-12-2-3-14-31(28)36(23)32)24-10-7-11-26(21-24)27-15-8-17-33-30-13-4-5-18-35(30)38-37(27)33/h2-22H,1H3. The molecule has 1 aromatic heterocycles. The van der Waals surface area contributed by atoms with Crippen molar-refractivity contribution >= 4 is 63.8 Å². The Hall–Kier alpha value is -4.46. The summed E-state index contributed by atoms with van der Waals surface area (Å²) in [6, 6.07) is 47.0. The molecule has 7 aromatic carbocycles. The first-order valence-electron chi connectivity index (χ1n) is 13.1. The highest BCUT2D eigenvalue weighted by Crippen LogP contribution is 2.42. The zero-order chi connectivity index (χ0) is 25.2. The first-order chi connectivity index (χ1) is 18.8. The summed E-state index contributed by atoms with van der Waals surface area (Å²) in [4.78, 5) is 0. The Balaban J connectivity index is 1.35. The van der Waals surface area contributed by atoms with Crippen LogP contribution in [0.2, 0.25) is 0 Å². The fourth-order valence-electron chi connectivity index (χ4n) is 6.21. The van der Waals surface area contributed by atoms with Gasteiger partial charge >= 0.3 is 0 Å². The Morgan fingerprint density at radius 3 is 1.97 bits per heavy atom. The van der Waals surface area contributed by atoms with Crippen molar-refractivity contribution in [2.24, 2.45) is 0 Å². The van der Waals surface area contributed by atoms with Gasteiger partial charge in [0.25, 0.3) is 0 Å². The summed E-state index contributed by atoms with van der Waals surface area (Å²) in [6.45, 7) is 2.22. The Labute approximate surface area is 225 Å². The maximum atomic E-state index is 2.39. The average molecular weight is 501 g/mol. The fraction of sp³-hybridized carbons (Fsp3) is 0.0270. The van der Waals surface area contributed by atoms with E-state index in [4.69, 9.17) is 0 Å². The van der Waals surface area contributed by atoms with Gasteiger partial charge in [-0.25, -0.2) is 0 Å². The molecule has 1 heteroatoms. The fourth-order valence-corrected chi connectivity index (χ4v) is 7.45. The van der Waals surface area contributed by atoms with E-state index in [0.29, 0.717) is 0 Å². The molecule has 0 saturated heterocycles. The van der Waals surface area contributed by atoms with Crippen LogP contribution >= 0.6 is 11.3 Å². The monoisotopic (exact) mass is 500 g/mol. The minimum atomic E-state index is 1.25. The lowest BCUT2D eigenvalue weighted by Crippen LogP contribution is -1.87. The van der Waals surface area contributed by atoms with E-state index in [1.54, 1.807) is 0 Å². The van der Waals surface area contributed by atoms with Gasteiger partial charge in [-0.1, -0.05) is 109 Å². The Kier molecular flexibility index (Phi) is 4.71. The average Bonchev–Trinajstić information content (AvgIpc) is 3.36. The smallest absolute Gasteiger partial charge is 0.0433 e. The third-order valence-corrected chi connectivity index (χ3v) is 9.20. The quantitative estimate of drug-likeness (QED) is 0.207. The van der Waals surface area contributed by atoms with Crippen molar-refractivity contribution in [1.82, 2.24) is 0 Å². The van der Waals surface area contributed by atoms with Gasteiger partial charge in [-0.3, -0.25) is 0 Å². The Bertz CT molecular complexity index is 2200. The van der Waals surface area contributed by atoms with Gasteiger partial charge in [0.05, 0.1) is 0 Å². The van der Waals surface area contributed by atoms with Crippen molar-refractivity contribution in [3.63, 3.8) is 0 Å². The number of thiophene rings is 1. The molecule has 0 amide bonds. The van der Waals surface area contributed by atoms with Gasteiger partial charge in [-0.2, -0.15) is 0 Å². The first-order valence-corrected chi connectivity index (χ1v) is 13.9. The minimum Gasteiger partial charge on any atom is -0.135 e. The molecule has 0 atom stereocenters. The molecule has 0 radical (unpaired) electrons. The van der Waals surface area contributed by atoms with Crippen LogP contribution in [0.3, 0.4) is 0 Å². The molecule has 0 aliphatic rings. The highest BCUT2D eigenvalue weighted by Gasteiger charge is 2.13. The van der Waals surface area contributed by atoms with Gasteiger partial charge in [0.1, 0.15) is 0 Å². The van der Waals surface area contributed by atoms with Crippen molar-refractivity contribution in [2.75, 3.05) is 0 Å². The number of hydrogen-bond donors (Lipinski definition) is 0. The van der Waals surface area contributed by atoms with Crippen molar-refractivity contribution in [1.29, 1.82) is 0 Å². The molecule has 0 bridgehead atoms. The lowest BCUT2D eigenvalue weighted by Gasteiger charge is -2.14. The summed E-state index contributed by atoms with van der Waals surface area (Å²) in [5.41, 5.74) is 6.39. The molecule has 0 saturated carbocycles. The third kappa shape index (κ3) is 3.16. The van der Waals surface area contributed by atoms with Crippen molar-refractivity contribution < 1.29 is 0 Å². The number of rotatable bonds is 2. The summed E-state index contributed by atoms with van der Waals surface area (Å²) in [7, 11) is 0. The van der Waals surface area contributed by atoms with Gasteiger partial charge in [-0.15, -0.1) is 11.3 Å². The predicted molar refractivity (Wildman–Crippen MR) is 167 cm³/mol. The van der Waals surface area contributed by atoms with Crippen LogP contribution in [0.4, 0.5) is 0 Å². The molecule has 0 aliphatic heterocycles. The topological polar surface area (TPSA) is 0 Å². The zero-order valence-electron chi connectivity index (χ0n) is 21.0. The molecule has 178 valence electrons. The normalized spacial score (nSPS) is 11.8. The van der Waals surface area contributed by atoms with E-state index in [2.05, 4.69) is 134 Å². The third-order valence-electron chi connectivity index (χ3n) is 7.98. The van der Waals surface area contributed by atoms with E-state index in [-0.39, 0.29) is 0 Å². The van der Waals surface area contributed by atoms with Crippen LogP contribution in [0.1, 0.15) is 5.56 Å². The summed E-state index contributed by atoms with van der Waals surface area (Å²) in [5.74, 6) is 0. The lowest BCUT2D eigenvalue weighted by molar-refractivity contribution is 1.55. The van der Waals surface area contributed by atoms with Gasteiger partial charge < -0.3 is 0 Å². The maximum Gasteiger partial charge on any atom is 0.0433 e. The van der Waals surface area contributed by atoms with Crippen LogP contribution in [0, 0.1) is 6.92 Å². The molecule has 0 nitrogen and oxygen atoms in total. The summed E-state index contributed by atoms with van der Waals surface area (Å²) < 4.78 is 2.70. The van der Waals surface area contributed by atoms with Gasteiger partial charge in [0.2, 0.25) is 0 Å². The van der Waals surface area contributed by atoms with Crippen molar-refractivity contribution in [3.05, 3.63) is 133 Å². The van der Waals surface area contributed by atoms with E-state index < -0.39 is 0 Å². The van der Waals surface area contributed by atoms with E-state index in [0.717, 1.165) is 0 Å². The van der Waals surface area contributed by atoms with Crippen LogP contribution in [-0.2, 0) is 0 Å². The number of fused-ring (bicyclic) bond motifs is 9. The number of aryl methyl sites for hydroxylation is 1. The molecule has 0 unspecified atom stereocenters. The highest BCUT2D eigenvalue weighted by molar-refractivity contribution is 7.26. The number of hydrogen-bond acceptors (Lipinski definition) is 1. The summed E-state index contributed by atoms with van der Waals surface area (Å²) in [5, 5.41) is 10.7. The van der Waals surface area contributed by atoms with Crippen LogP contribution in [0.5, 0.6) is 0 Å². The molecule has 0 N–H and O–H groups in total. The molecule has 0 aliphatic carbocycles. The predicted octanol–water partition coefficient (Wildman–Crippen LogP) is 11.2. The molecule has 38 heavy (non-hydrogen) atoms. The van der Waals surface area contributed by atoms with Crippen LogP contribution < -0.4 is 0 Å². The first kappa shape index (κ1) is 21.6. The van der Waals surface area contributed by atoms with Crippen molar-refractivity contribution in [3.8, 4) is 22.3 Å². The summed E-state index contributed by atoms with van der Waals surface area (Å²) >= 11 is 1.89. The van der Waals surface area contributed by atoms with Crippen LogP contribution in [-0.4, -0.2) is 0 Å². The molecule has 8 rings (SSSR count). The van der Waals surface area contributed by atoms with Gasteiger partial charge in [-0.05, 0) is 85.3 Å². The zero-order valence-corrected chi connectivity index (χ0v) is 21.8. The Morgan fingerprint density at radius 2 is 1.05 bits per heavy atom. The van der Waals surface area contributed by atoms with Crippen LogP contribution in [0.25, 0.3) is 74.7 Å². The SMILES string of the molecule is Cc1cccc2c3cc(-c4cccc(-c5cccc6c5sc5ccccc56)c4)ccc3c3ccccc3c12. The highest BCUT2D eigenvalue weighted by atomic mass is 32.1.